The Hall–Kier alpha value is -0.830. The molecule has 13 heavy (non-hydrogen) atoms. The molecule has 0 aliphatic carbocycles. The molecule has 0 atom stereocenters. The molecule has 0 aliphatic rings. The molecule has 0 aliphatic heterocycles. The van der Waals surface area contributed by atoms with Gasteiger partial charge in [-0.3, -0.25) is 4.79 Å². The number of carbonyl (C=O) groups excluding carboxylic acids is 1. The fraction of sp³-hybridized carbons (Fsp3) is 0.700. The maximum atomic E-state index is 10.4. The van der Waals surface area contributed by atoms with Crippen LogP contribution in [0, 0.1) is 0 Å². The SMILES string of the molecule is CCCCCC=C(C=O)OCOC. The van der Waals surface area contributed by atoms with Crippen LogP contribution in [-0.4, -0.2) is 20.2 Å². The number of methoxy groups -OCH3 is 1. The van der Waals surface area contributed by atoms with Gasteiger partial charge in [-0.1, -0.05) is 19.8 Å². The van der Waals surface area contributed by atoms with Gasteiger partial charge in [0.15, 0.2) is 18.8 Å². The topological polar surface area (TPSA) is 35.5 Å². The molecule has 0 saturated carbocycles. The highest BCUT2D eigenvalue weighted by Gasteiger charge is 1.94. The van der Waals surface area contributed by atoms with Crippen LogP contribution in [0.15, 0.2) is 11.8 Å². The minimum atomic E-state index is 0.137. The highest BCUT2D eigenvalue weighted by atomic mass is 16.7. The standard InChI is InChI=1S/C10H18O3/c1-3-4-5-6-7-10(8-11)13-9-12-2/h7-8H,3-6,9H2,1-2H3. The van der Waals surface area contributed by atoms with Crippen molar-refractivity contribution in [3.05, 3.63) is 11.8 Å². The second kappa shape index (κ2) is 9.26. The molecular formula is C10H18O3. The molecule has 0 aromatic heterocycles. The lowest BCUT2D eigenvalue weighted by Gasteiger charge is -2.02. The van der Waals surface area contributed by atoms with Gasteiger partial charge in [-0.15, -0.1) is 0 Å². The molecule has 0 fully saturated rings. The van der Waals surface area contributed by atoms with E-state index in [1.165, 1.54) is 20.0 Å². The van der Waals surface area contributed by atoms with E-state index >= 15 is 0 Å². The van der Waals surface area contributed by atoms with Crippen molar-refractivity contribution in [3.63, 3.8) is 0 Å². The largest absolute Gasteiger partial charge is 0.464 e. The highest BCUT2D eigenvalue weighted by molar-refractivity contribution is 5.69. The molecule has 0 saturated heterocycles. The summed E-state index contributed by atoms with van der Waals surface area (Å²) in [5.41, 5.74) is 0. The third kappa shape index (κ3) is 7.53. The van der Waals surface area contributed by atoms with Gasteiger partial charge in [-0.05, 0) is 18.9 Å². The van der Waals surface area contributed by atoms with Gasteiger partial charge >= 0.3 is 0 Å². The molecule has 0 rings (SSSR count). The van der Waals surface area contributed by atoms with Crippen LogP contribution in [-0.2, 0) is 14.3 Å². The lowest BCUT2D eigenvalue weighted by molar-refractivity contribution is -0.110. The van der Waals surface area contributed by atoms with E-state index < -0.39 is 0 Å². The first kappa shape index (κ1) is 12.2. The third-order valence-electron chi connectivity index (χ3n) is 1.61. The molecule has 3 heteroatoms. The zero-order valence-electron chi connectivity index (χ0n) is 8.41. The number of unbranched alkanes of at least 4 members (excludes halogenated alkanes) is 3. The van der Waals surface area contributed by atoms with Crippen molar-refractivity contribution in [1.29, 1.82) is 0 Å². The Labute approximate surface area is 79.7 Å². The predicted molar refractivity (Wildman–Crippen MR) is 51.3 cm³/mol. The first-order valence-corrected chi connectivity index (χ1v) is 4.62. The second-order valence-corrected chi connectivity index (χ2v) is 2.77. The van der Waals surface area contributed by atoms with Gasteiger partial charge in [0.25, 0.3) is 0 Å². The van der Waals surface area contributed by atoms with Crippen LogP contribution >= 0.6 is 0 Å². The number of hydrogen-bond acceptors (Lipinski definition) is 3. The zero-order chi connectivity index (χ0) is 9.94. The molecule has 0 N–H and O–H groups in total. The monoisotopic (exact) mass is 186 g/mol. The zero-order valence-corrected chi connectivity index (χ0v) is 8.41. The summed E-state index contributed by atoms with van der Waals surface area (Å²) < 4.78 is 9.67. The fourth-order valence-corrected chi connectivity index (χ4v) is 0.907. The summed E-state index contributed by atoms with van der Waals surface area (Å²) in [4.78, 5) is 10.4. The van der Waals surface area contributed by atoms with Gasteiger partial charge in [0.05, 0.1) is 0 Å². The first-order chi connectivity index (χ1) is 6.35. The Kier molecular flexibility index (Phi) is 8.67. The summed E-state index contributed by atoms with van der Waals surface area (Å²) in [6, 6.07) is 0. The molecule has 3 nitrogen and oxygen atoms in total. The van der Waals surface area contributed by atoms with Gasteiger partial charge in [-0.2, -0.15) is 0 Å². The van der Waals surface area contributed by atoms with Gasteiger partial charge in [0, 0.05) is 7.11 Å². The molecular weight excluding hydrogens is 168 g/mol. The lowest BCUT2D eigenvalue weighted by atomic mass is 10.2. The third-order valence-corrected chi connectivity index (χ3v) is 1.61. The number of hydrogen-bond donors (Lipinski definition) is 0. The van der Waals surface area contributed by atoms with E-state index in [2.05, 4.69) is 11.7 Å². The fourth-order valence-electron chi connectivity index (χ4n) is 0.907. The van der Waals surface area contributed by atoms with Gasteiger partial charge in [0.2, 0.25) is 0 Å². The average molecular weight is 186 g/mol. The lowest BCUT2D eigenvalue weighted by Crippen LogP contribution is -1.97. The molecule has 76 valence electrons. The molecule has 0 radical (unpaired) electrons. The van der Waals surface area contributed by atoms with Gasteiger partial charge < -0.3 is 9.47 Å². The predicted octanol–water partition coefficient (Wildman–Crippen LogP) is 2.27. The van der Waals surface area contributed by atoms with Crippen molar-refractivity contribution >= 4 is 6.29 Å². The Balaban J connectivity index is 3.58. The molecule has 0 aromatic rings. The number of rotatable bonds is 8. The second-order valence-electron chi connectivity index (χ2n) is 2.77. The van der Waals surface area contributed by atoms with Crippen LogP contribution in [0.4, 0.5) is 0 Å². The van der Waals surface area contributed by atoms with Crippen LogP contribution < -0.4 is 0 Å². The molecule has 0 unspecified atom stereocenters. The summed E-state index contributed by atoms with van der Waals surface area (Å²) in [6.45, 7) is 2.28. The highest BCUT2D eigenvalue weighted by Crippen LogP contribution is 2.03. The van der Waals surface area contributed by atoms with Crippen molar-refractivity contribution in [2.24, 2.45) is 0 Å². The van der Waals surface area contributed by atoms with E-state index in [0.29, 0.717) is 12.0 Å². The average Bonchev–Trinajstić information content (AvgIpc) is 2.17. The molecule has 0 heterocycles. The summed E-state index contributed by atoms with van der Waals surface area (Å²) in [5, 5.41) is 0. The number of carbonyl (C=O) groups is 1. The Morgan fingerprint density at radius 3 is 2.69 bits per heavy atom. The number of ether oxygens (including phenoxy) is 2. The molecule has 0 aromatic carbocycles. The summed E-state index contributed by atoms with van der Waals surface area (Å²) >= 11 is 0. The van der Waals surface area contributed by atoms with E-state index in [0.717, 1.165) is 12.8 Å². The minimum absolute atomic E-state index is 0.137. The minimum Gasteiger partial charge on any atom is -0.464 e. The van der Waals surface area contributed by atoms with E-state index in [1.54, 1.807) is 0 Å². The van der Waals surface area contributed by atoms with Crippen LogP contribution in [0.3, 0.4) is 0 Å². The van der Waals surface area contributed by atoms with E-state index in [4.69, 9.17) is 4.74 Å². The Morgan fingerprint density at radius 2 is 2.15 bits per heavy atom. The van der Waals surface area contributed by atoms with Crippen LogP contribution in [0.5, 0.6) is 0 Å². The van der Waals surface area contributed by atoms with Crippen molar-refractivity contribution in [3.8, 4) is 0 Å². The van der Waals surface area contributed by atoms with Crippen molar-refractivity contribution in [2.45, 2.75) is 32.6 Å². The summed E-state index contributed by atoms with van der Waals surface area (Å²) in [7, 11) is 1.53. The normalized spacial score (nSPS) is 11.4. The van der Waals surface area contributed by atoms with E-state index in [-0.39, 0.29) is 6.79 Å². The van der Waals surface area contributed by atoms with Gasteiger partial charge in [0.1, 0.15) is 0 Å². The smallest absolute Gasteiger partial charge is 0.188 e. The summed E-state index contributed by atoms with van der Waals surface area (Å²) in [5.74, 6) is 0.373. The quantitative estimate of drug-likeness (QED) is 0.192. The van der Waals surface area contributed by atoms with Crippen molar-refractivity contribution in [1.82, 2.24) is 0 Å². The van der Waals surface area contributed by atoms with Crippen LogP contribution in [0.25, 0.3) is 0 Å². The summed E-state index contributed by atoms with van der Waals surface area (Å²) in [6.07, 6.45) is 6.89. The van der Waals surface area contributed by atoms with Crippen molar-refractivity contribution < 1.29 is 14.3 Å². The van der Waals surface area contributed by atoms with Crippen LogP contribution in [0.1, 0.15) is 32.6 Å². The van der Waals surface area contributed by atoms with E-state index in [9.17, 15) is 4.79 Å². The number of allylic oxidation sites excluding steroid dienone is 2. The Morgan fingerprint density at radius 1 is 1.38 bits per heavy atom. The number of aldehydes is 1. The molecule has 0 spiro atoms. The van der Waals surface area contributed by atoms with E-state index in [1.807, 2.05) is 6.08 Å². The maximum absolute atomic E-state index is 10.4. The Bertz CT molecular complexity index is 152. The first-order valence-electron chi connectivity index (χ1n) is 4.62. The molecule has 0 bridgehead atoms. The van der Waals surface area contributed by atoms with Crippen molar-refractivity contribution in [2.75, 3.05) is 13.9 Å². The van der Waals surface area contributed by atoms with Gasteiger partial charge in [-0.25, -0.2) is 0 Å². The van der Waals surface area contributed by atoms with Crippen LogP contribution in [0.2, 0.25) is 0 Å². The molecule has 0 amide bonds. The maximum Gasteiger partial charge on any atom is 0.188 e.